The predicted octanol–water partition coefficient (Wildman–Crippen LogP) is 4.75. The number of rotatable bonds is 7. The number of carbonyl (C=O) groups excluding carboxylic acids is 1. The number of aromatic nitrogens is 3. The summed E-state index contributed by atoms with van der Waals surface area (Å²) in [7, 11) is 0. The second-order valence-electron chi connectivity index (χ2n) is 7.97. The third-order valence-corrected chi connectivity index (χ3v) is 6.62. The maximum Gasteiger partial charge on any atom is 0.279 e. The molecule has 0 aliphatic carbocycles. The minimum Gasteiger partial charge on any atom is -0.332 e. The number of hydrogen-bond donors (Lipinski definition) is 0. The van der Waals surface area contributed by atoms with Crippen molar-refractivity contribution in [3.8, 4) is 10.4 Å². The molecule has 7 heteroatoms. The number of fused-ring (bicyclic) bond motifs is 1. The highest BCUT2D eigenvalue weighted by atomic mass is 32.1. The molecule has 0 unspecified atom stereocenters. The molecular formula is C27H22N4O2S. The highest BCUT2D eigenvalue weighted by Crippen LogP contribution is 2.30. The molecular weight excluding hydrogens is 444 g/mol. The van der Waals surface area contributed by atoms with Crippen LogP contribution in [0.4, 0.5) is 0 Å². The fourth-order valence-corrected chi connectivity index (χ4v) is 4.77. The lowest BCUT2D eigenvalue weighted by Gasteiger charge is -2.23. The van der Waals surface area contributed by atoms with Crippen LogP contribution >= 0.6 is 11.3 Å². The van der Waals surface area contributed by atoms with E-state index in [0.29, 0.717) is 23.3 Å². The quantitative estimate of drug-likeness (QED) is 0.347. The molecule has 1 amide bonds. The van der Waals surface area contributed by atoms with Crippen LogP contribution in [-0.4, -0.2) is 25.8 Å². The summed E-state index contributed by atoms with van der Waals surface area (Å²) < 4.78 is 1.16. The van der Waals surface area contributed by atoms with E-state index < -0.39 is 0 Å². The lowest BCUT2D eigenvalue weighted by atomic mass is 10.1. The monoisotopic (exact) mass is 466 g/mol. The molecule has 0 fully saturated rings. The highest BCUT2D eigenvalue weighted by Gasteiger charge is 2.18. The first kappa shape index (κ1) is 21.7. The molecule has 6 nitrogen and oxygen atoms in total. The van der Waals surface area contributed by atoms with Crippen molar-refractivity contribution in [2.75, 3.05) is 0 Å². The first-order chi connectivity index (χ1) is 16.7. The molecule has 5 aromatic rings. The molecule has 0 atom stereocenters. The lowest BCUT2D eigenvalue weighted by molar-refractivity contribution is -0.133. The van der Waals surface area contributed by atoms with Gasteiger partial charge in [-0.1, -0.05) is 96.2 Å². The molecule has 0 saturated carbocycles. The smallest absolute Gasteiger partial charge is 0.279 e. The Balaban J connectivity index is 1.42. The third-order valence-electron chi connectivity index (χ3n) is 5.55. The molecule has 5 rings (SSSR count). The van der Waals surface area contributed by atoms with Crippen LogP contribution in [0.5, 0.6) is 0 Å². The van der Waals surface area contributed by atoms with Gasteiger partial charge in [-0.2, -0.15) is 0 Å². The number of hydrogen-bond acceptors (Lipinski definition) is 5. The van der Waals surface area contributed by atoms with Crippen LogP contribution in [0.25, 0.3) is 20.7 Å². The van der Waals surface area contributed by atoms with Crippen LogP contribution in [0, 0.1) is 0 Å². The van der Waals surface area contributed by atoms with Gasteiger partial charge in [-0.05, 0) is 22.8 Å². The lowest BCUT2D eigenvalue weighted by Crippen LogP contribution is -2.37. The van der Waals surface area contributed by atoms with Gasteiger partial charge in [0.1, 0.15) is 6.54 Å². The Morgan fingerprint density at radius 3 is 1.97 bits per heavy atom. The van der Waals surface area contributed by atoms with Gasteiger partial charge in [0.25, 0.3) is 5.56 Å². The first-order valence-electron chi connectivity index (χ1n) is 11.0. The van der Waals surface area contributed by atoms with Gasteiger partial charge < -0.3 is 4.90 Å². The zero-order chi connectivity index (χ0) is 23.3. The van der Waals surface area contributed by atoms with Crippen molar-refractivity contribution in [3.05, 3.63) is 119 Å². The van der Waals surface area contributed by atoms with Gasteiger partial charge in [0.05, 0.1) is 5.39 Å². The van der Waals surface area contributed by atoms with E-state index in [2.05, 4.69) is 10.3 Å². The zero-order valence-electron chi connectivity index (χ0n) is 18.4. The number of amides is 1. The second kappa shape index (κ2) is 9.80. The van der Waals surface area contributed by atoms with Gasteiger partial charge >= 0.3 is 0 Å². The molecule has 0 saturated heterocycles. The van der Waals surface area contributed by atoms with Gasteiger partial charge in [0, 0.05) is 18.0 Å². The fourth-order valence-electron chi connectivity index (χ4n) is 3.80. The number of nitrogens with zero attached hydrogens (tertiary/aromatic N) is 4. The third kappa shape index (κ3) is 4.79. The number of carbonyl (C=O) groups is 1. The van der Waals surface area contributed by atoms with Gasteiger partial charge in [0.2, 0.25) is 5.91 Å². The average Bonchev–Trinajstić information content (AvgIpc) is 3.32. The molecule has 2 aromatic heterocycles. The van der Waals surface area contributed by atoms with Crippen molar-refractivity contribution < 1.29 is 4.79 Å². The topological polar surface area (TPSA) is 68.1 Å². The van der Waals surface area contributed by atoms with E-state index in [1.54, 1.807) is 4.90 Å². The summed E-state index contributed by atoms with van der Waals surface area (Å²) in [4.78, 5) is 29.7. The van der Waals surface area contributed by atoms with E-state index >= 15 is 0 Å². The minimum absolute atomic E-state index is 0.169. The summed E-state index contributed by atoms with van der Waals surface area (Å²) in [5.74, 6) is -0.193. The highest BCUT2D eigenvalue weighted by molar-refractivity contribution is 7.21. The van der Waals surface area contributed by atoms with E-state index in [1.165, 1.54) is 11.3 Å². The van der Waals surface area contributed by atoms with Gasteiger partial charge in [0.15, 0.2) is 4.83 Å². The summed E-state index contributed by atoms with van der Waals surface area (Å²) in [5.41, 5.74) is 2.75. The summed E-state index contributed by atoms with van der Waals surface area (Å²) in [5, 5.41) is 8.77. The molecule has 168 valence electrons. The van der Waals surface area contributed by atoms with Crippen molar-refractivity contribution in [1.29, 1.82) is 0 Å². The maximum absolute atomic E-state index is 13.3. The Hall–Kier alpha value is -4.10. The SMILES string of the molecule is O=C(Cn1nnc2sc(-c3ccccc3)cc2c1=O)N(Cc1ccccc1)Cc1ccccc1. The van der Waals surface area contributed by atoms with Crippen LogP contribution in [0.3, 0.4) is 0 Å². The van der Waals surface area contributed by atoms with E-state index in [4.69, 9.17) is 0 Å². The van der Waals surface area contributed by atoms with Crippen molar-refractivity contribution in [2.45, 2.75) is 19.6 Å². The van der Waals surface area contributed by atoms with Crippen molar-refractivity contribution in [2.24, 2.45) is 0 Å². The molecule has 3 aromatic carbocycles. The average molecular weight is 467 g/mol. The Labute approximate surface area is 200 Å². The van der Waals surface area contributed by atoms with Crippen LogP contribution in [0.15, 0.2) is 102 Å². The number of thiophene rings is 1. The second-order valence-corrected chi connectivity index (χ2v) is 9.00. The normalized spacial score (nSPS) is 10.9. The largest absolute Gasteiger partial charge is 0.332 e. The Kier molecular flexibility index (Phi) is 6.27. The fraction of sp³-hybridized carbons (Fsp3) is 0.111. The molecule has 0 N–H and O–H groups in total. The van der Waals surface area contributed by atoms with Crippen LogP contribution in [0.1, 0.15) is 11.1 Å². The number of benzene rings is 3. The molecule has 0 spiro atoms. The molecule has 0 aliphatic rings. The molecule has 0 radical (unpaired) electrons. The van der Waals surface area contributed by atoms with Crippen molar-refractivity contribution >= 4 is 27.5 Å². The van der Waals surface area contributed by atoms with E-state index in [-0.39, 0.29) is 18.0 Å². The Morgan fingerprint density at radius 2 is 1.38 bits per heavy atom. The van der Waals surface area contributed by atoms with E-state index in [9.17, 15) is 9.59 Å². The summed E-state index contributed by atoms with van der Waals surface area (Å²) in [6, 6.07) is 31.3. The summed E-state index contributed by atoms with van der Waals surface area (Å²) >= 11 is 1.42. The van der Waals surface area contributed by atoms with Gasteiger partial charge in [-0.3, -0.25) is 9.59 Å². The standard InChI is InChI=1S/C27H22N4O2S/c32-25(30(17-20-10-4-1-5-11-20)18-21-12-6-2-7-13-21)19-31-27(33)23-16-24(34-26(23)28-29-31)22-14-8-3-9-15-22/h1-16H,17-19H2. The van der Waals surface area contributed by atoms with Crippen molar-refractivity contribution in [3.63, 3.8) is 0 Å². The first-order valence-corrected chi connectivity index (χ1v) is 11.8. The maximum atomic E-state index is 13.3. The minimum atomic E-state index is -0.309. The van der Waals surface area contributed by atoms with Crippen LogP contribution < -0.4 is 5.56 Å². The summed E-state index contributed by atoms with van der Waals surface area (Å²) in [6.45, 7) is 0.711. The van der Waals surface area contributed by atoms with E-state index in [1.807, 2.05) is 97.1 Å². The molecule has 0 aliphatic heterocycles. The van der Waals surface area contributed by atoms with Crippen molar-refractivity contribution in [1.82, 2.24) is 19.9 Å². The molecule has 34 heavy (non-hydrogen) atoms. The Morgan fingerprint density at radius 1 is 0.824 bits per heavy atom. The van der Waals surface area contributed by atoms with Gasteiger partial charge in [-0.25, -0.2) is 4.68 Å². The molecule has 0 bridgehead atoms. The summed E-state index contributed by atoms with van der Waals surface area (Å²) in [6.07, 6.45) is 0. The predicted molar refractivity (Wildman–Crippen MR) is 134 cm³/mol. The van der Waals surface area contributed by atoms with Crippen LogP contribution in [0.2, 0.25) is 0 Å². The van der Waals surface area contributed by atoms with E-state index in [0.717, 1.165) is 26.2 Å². The van der Waals surface area contributed by atoms with Gasteiger partial charge in [-0.15, -0.1) is 16.4 Å². The Bertz CT molecular complexity index is 1420. The van der Waals surface area contributed by atoms with Crippen LogP contribution in [-0.2, 0) is 24.4 Å². The zero-order valence-corrected chi connectivity index (χ0v) is 19.2. The molecule has 2 heterocycles.